The summed E-state index contributed by atoms with van der Waals surface area (Å²) in [6, 6.07) is 9.93. The third-order valence-electron chi connectivity index (χ3n) is 5.28. The summed E-state index contributed by atoms with van der Waals surface area (Å²) in [4.78, 5) is 24.4. The Bertz CT molecular complexity index is 1140. The zero-order valence-corrected chi connectivity index (χ0v) is 17.9. The van der Waals surface area contributed by atoms with E-state index in [1.165, 1.54) is 11.3 Å². The number of carbonyl (C=O) groups is 1. The van der Waals surface area contributed by atoms with Crippen molar-refractivity contribution in [1.29, 1.82) is 0 Å². The largest absolute Gasteiger partial charge is 0.490 e. The maximum Gasteiger partial charge on any atom is 0.263 e. The quantitative estimate of drug-likeness (QED) is 0.692. The molecule has 2 aromatic heterocycles. The van der Waals surface area contributed by atoms with E-state index in [4.69, 9.17) is 14.5 Å². The molecule has 0 saturated heterocycles. The highest BCUT2D eigenvalue weighted by Crippen LogP contribution is 2.43. The first-order valence-corrected chi connectivity index (χ1v) is 10.6. The summed E-state index contributed by atoms with van der Waals surface area (Å²) in [5.74, 6) is 1.31. The Morgan fingerprint density at radius 1 is 1.30 bits per heavy atom. The van der Waals surface area contributed by atoms with Crippen LogP contribution < -0.4 is 19.7 Å². The summed E-state index contributed by atoms with van der Waals surface area (Å²) < 4.78 is 11.4. The first-order valence-electron chi connectivity index (χ1n) is 9.81. The second-order valence-electron chi connectivity index (χ2n) is 8.03. The summed E-state index contributed by atoms with van der Waals surface area (Å²) in [6.45, 7) is 5.26. The van der Waals surface area contributed by atoms with Crippen molar-refractivity contribution in [1.82, 2.24) is 15.3 Å². The van der Waals surface area contributed by atoms with Crippen LogP contribution in [0.25, 0.3) is 11.1 Å². The molecule has 2 aliphatic rings. The van der Waals surface area contributed by atoms with E-state index in [1.807, 2.05) is 44.2 Å². The van der Waals surface area contributed by atoms with E-state index in [-0.39, 0.29) is 11.4 Å². The molecule has 0 saturated carbocycles. The second kappa shape index (κ2) is 6.98. The summed E-state index contributed by atoms with van der Waals surface area (Å²) in [7, 11) is 1.62. The molecule has 0 radical (unpaired) electrons. The van der Waals surface area contributed by atoms with Crippen LogP contribution in [0.3, 0.4) is 0 Å². The van der Waals surface area contributed by atoms with Gasteiger partial charge < -0.3 is 19.7 Å². The Hall–Kier alpha value is -3.13. The van der Waals surface area contributed by atoms with Gasteiger partial charge in [-0.1, -0.05) is 17.4 Å². The van der Waals surface area contributed by atoms with E-state index in [0.717, 1.165) is 39.8 Å². The van der Waals surface area contributed by atoms with Gasteiger partial charge in [0.15, 0.2) is 5.13 Å². The van der Waals surface area contributed by atoms with Gasteiger partial charge >= 0.3 is 0 Å². The van der Waals surface area contributed by atoms with Crippen molar-refractivity contribution in [3.8, 4) is 22.8 Å². The van der Waals surface area contributed by atoms with Crippen LogP contribution in [0.1, 0.15) is 29.2 Å². The van der Waals surface area contributed by atoms with Gasteiger partial charge in [0.05, 0.1) is 25.0 Å². The maximum absolute atomic E-state index is 12.5. The smallest absolute Gasteiger partial charge is 0.263 e. The third kappa shape index (κ3) is 3.17. The van der Waals surface area contributed by atoms with E-state index in [1.54, 1.807) is 13.3 Å². The summed E-state index contributed by atoms with van der Waals surface area (Å²) in [6.07, 6.45) is 2.43. The zero-order chi connectivity index (χ0) is 20.9. The minimum absolute atomic E-state index is 0.0440. The number of pyridine rings is 1. The number of ether oxygens (including phenoxy) is 2. The normalized spacial score (nSPS) is 16.9. The topological polar surface area (TPSA) is 76.6 Å². The SMILES string of the molecule is COc1ncccc1-c1ccc2c(c1)OCCN2c1nc2c(s1)C(=O)NC(C)(C)C2. The number of nitrogens with zero attached hydrogens (tertiary/aromatic N) is 3. The second-order valence-corrected chi connectivity index (χ2v) is 9.01. The molecule has 2 aliphatic heterocycles. The Kier molecular flexibility index (Phi) is 4.39. The minimum atomic E-state index is -0.282. The molecule has 30 heavy (non-hydrogen) atoms. The fourth-order valence-corrected chi connectivity index (χ4v) is 4.96. The number of nitrogens with one attached hydrogen (secondary N) is 1. The lowest BCUT2D eigenvalue weighted by molar-refractivity contribution is 0.0901. The van der Waals surface area contributed by atoms with E-state index in [9.17, 15) is 4.79 Å². The lowest BCUT2D eigenvalue weighted by Crippen LogP contribution is -2.48. The van der Waals surface area contributed by atoms with Gasteiger partial charge in [-0.05, 0) is 43.7 Å². The Balaban J connectivity index is 1.52. The number of anilines is 2. The number of carbonyl (C=O) groups excluding carboxylic acids is 1. The first-order chi connectivity index (χ1) is 14.4. The first kappa shape index (κ1) is 18.9. The van der Waals surface area contributed by atoms with Gasteiger partial charge in [-0.25, -0.2) is 9.97 Å². The van der Waals surface area contributed by atoms with E-state index in [2.05, 4.69) is 15.2 Å². The van der Waals surface area contributed by atoms with Crippen LogP contribution in [0.4, 0.5) is 10.8 Å². The van der Waals surface area contributed by atoms with Gasteiger partial charge in [0.2, 0.25) is 5.88 Å². The van der Waals surface area contributed by atoms with E-state index < -0.39 is 0 Å². The van der Waals surface area contributed by atoms with Gasteiger partial charge in [0.1, 0.15) is 17.2 Å². The van der Waals surface area contributed by atoms with Crippen molar-refractivity contribution < 1.29 is 14.3 Å². The monoisotopic (exact) mass is 422 g/mol. The third-order valence-corrected chi connectivity index (χ3v) is 6.40. The lowest BCUT2D eigenvalue weighted by atomic mass is 9.94. The fraction of sp³-hybridized carbons (Fsp3) is 0.318. The van der Waals surface area contributed by atoms with Crippen molar-refractivity contribution in [2.45, 2.75) is 25.8 Å². The molecule has 0 atom stereocenters. The molecule has 154 valence electrons. The van der Waals surface area contributed by atoms with Crippen molar-refractivity contribution in [3.63, 3.8) is 0 Å². The van der Waals surface area contributed by atoms with E-state index in [0.29, 0.717) is 23.9 Å². The average Bonchev–Trinajstić information content (AvgIpc) is 3.16. The number of benzene rings is 1. The van der Waals surface area contributed by atoms with Crippen LogP contribution in [0.5, 0.6) is 11.6 Å². The van der Waals surface area contributed by atoms with Gasteiger partial charge in [-0.3, -0.25) is 4.79 Å². The van der Waals surface area contributed by atoms with Crippen LogP contribution in [-0.2, 0) is 6.42 Å². The number of methoxy groups -OCH3 is 1. The lowest BCUT2D eigenvalue weighted by Gasteiger charge is -2.29. The van der Waals surface area contributed by atoms with Crippen molar-refractivity contribution in [2.75, 3.05) is 25.2 Å². The van der Waals surface area contributed by atoms with Gasteiger partial charge in [0, 0.05) is 23.7 Å². The predicted octanol–water partition coefficient (Wildman–Crippen LogP) is 3.81. The molecule has 7 nitrogen and oxygen atoms in total. The number of thiazole rings is 1. The van der Waals surface area contributed by atoms with Gasteiger partial charge in [0.25, 0.3) is 5.91 Å². The number of hydrogen-bond donors (Lipinski definition) is 1. The van der Waals surface area contributed by atoms with Crippen LogP contribution >= 0.6 is 11.3 Å². The number of rotatable bonds is 3. The Morgan fingerprint density at radius 2 is 2.17 bits per heavy atom. The molecule has 5 rings (SSSR count). The Morgan fingerprint density at radius 3 is 3.00 bits per heavy atom. The summed E-state index contributed by atoms with van der Waals surface area (Å²) >= 11 is 1.44. The molecule has 3 aromatic rings. The molecule has 1 amide bonds. The highest BCUT2D eigenvalue weighted by atomic mass is 32.1. The minimum Gasteiger partial charge on any atom is -0.490 e. The molecule has 0 bridgehead atoms. The molecular formula is C22H22N4O3S. The number of aromatic nitrogens is 2. The predicted molar refractivity (Wildman–Crippen MR) is 116 cm³/mol. The fourth-order valence-electron chi connectivity index (χ4n) is 3.94. The molecule has 0 fully saturated rings. The molecule has 1 aromatic carbocycles. The molecule has 1 N–H and O–H groups in total. The molecule has 8 heteroatoms. The van der Waals surface area contributed by atoms with Gasteiger partial charge in [-0.2, -0.15) is 0 Å². The molecular weight excluding hydrogens is 400 g/mol. The van der Waals surface area contributed by atoms with Crippen LogP contribution in [0.2, 0.25) is 0 Å². The standard InChI is InChI=1S/C22H22N4O3S/c1-22(2)12-15-18(19(27)25-22)30-21(24-15)26-9-10-29-17-11-13(6-7-16(17)26)14-5-4-8-23-20(14)28-3/h4-8,11H,9-10,12H2,1-3H3,(H,25,27). The summed E-state index contributed by atoms with van der Waals surface area (Å²) in [5, 5.41) is 3.88. The van der Waals surface area contributed by atoms with Crippen molar-refractivity contribution in [2.24, 2.45) is 0 Å². The molecule has 0 spiro atoms. The van der Waals surface area contributed by atoms with Crippen molar-refractivity contribution >= 4 is 28.1 Å². The number of fused-ring (bicyclic) bond motifs is 2. The molecule has 4 heterocycles. The number of amides is 1. The van der Waals surface area contributed by atoms with Crippen LogP contribution in [-0.4, -0.2) is 41.7 Å². The average molecular weight is 423 g/mol. The maximum atomic E-state index is 12.5. The highest BCUT2D eigenvalue weighted by Gasteiger charge is 2.34. The highest BCUT2D eigenvalue weighted by molar-refractivity contribution is 7.17. The van der Waals surface area contributed by atoms with Gasteiger partial charge in [-0.15, -0.1) is 0 Å². The van der Waals surface area contributed by atoms with Crippen molar-refractivity contribution in [3.05, 3.63) is 47.1 Å². The Labute approximate surface area is 178 Å². The molecule has 0 unspecified atom stereocenters. The summed E-state index contributed by atoms with van der Waals surface area (Å²) in [5.41, 5.74) is 3.41. The number of hydrogen-bond acceptors (Lipinski definition) is 7. The van der Waals surface area contributed by atoms with E-state index >= 15 is 0 Å². The van der Waals surface area contributed by atoms with Crippen LogP contribution in [0, 0.1) is 0 Å². The zero-order valence-electron chi connectivity index (χ0n) is 17.1. The van der Waals surface area contributed by atoms with Crippen LogP contribution in [0.15, 0.2) is 36.5 Å². The molecule has 0 aliphatic carbocycles.